The number of imidazole rings is 1. The van der Waals surface area contributed by atoms with Gasteiger partial charge in [0, 0.05) is 39.8 Å². The lowest BCUT2D eigenvalue weighted by Crippen LogP contribution is -2.30. The number of aromatic nitrogens is 2. The van der Waals surface area contributed by atoms with Crippen LogP contribution < -0.4 is 5.32 Å². The van der Waals surface area contributed by atoms with E-state index < -0.39 is 0 Å². The summed E-state index contributed by atoms with van der Waals surface area (Å²) in [5, 5.41) is 4.33. The number of aryl methyl sites for hydroxylation is 1. The molecule has 2 aromatic carbocycles. The summed E-state index contributed by atoms with van der Waals surface area (Å²) in [7, 11) is 0. The van der Waals surface area contributed by atoms with Gasteiger partial charge in [-0.25, -0.2) is 4.98 Å². The minimum Gasteiger partial charge on any atom is -0.354 e. The number of amides is 1. The number of carbonyl (C=O) groups excluding carboxylic acids is 1. The normalized spacial score (nSPS) is 11.3. The second kappa shape index (κ2) is 9.13. The molecule has 0 aliphatic heterocycles. The second-order valence-corrected chi connectivity index (χ2v) is 8.61. The fraction of sp³-hybridized carbons (Fsp3) is 0.200. The lowest BCUT2D eigenvalue weighted by molar-refractivity contribution is -0.121. The molecular weight excluding hydrogens is 429 g/mol. The minimum atomic E-state index is 0.0225. The SMILES string of the molecule is CC(C)NC(=O)CCc1c(-c2ccc(Cl)cc2)nc2ccc(-c3ccccc3Cl)cn12. The Labute approximate surface area is 191 Å². The molecule has 1 N–H and O–H groups in total. The largest absolute Gasteiger partial charge is 0.354 e. The highest BCUT2D eigenvalue weighted by atomic mass is 35.5. The first kappa shape index (κ1) is 21.4. The van der Waals surface area contributed by atoms with Crippen molar-refractivity contribution in [2.24, 2.45) is 0 Å². The number of hydrogen-bond acceptors (Lipinski definition) is 2. The van der Waals surface area contributed by atoms with E-state index in [1.54, 1.807) is 0 Å². The monoisotopic (exact) mass is 451 g/mol. The highest BCUT2D eigenvalue weighted by Gasteiger charge is 2.17. The van der Waals surface area contributed by atoms with Crippen LogP contribution in [0.5, 0.6) is 0 Å². The van der Waals surface area contributed by atoms with Crippen molar-refractivity contribution in [2.75, 3.05) is 0 Å². The van der Waals surface area contributed by atoms with Gasteiger partial charge in [-0.1, -0.05) is 53.5 Å². The number of pyridine rings is 1. The lowest BCUT2D eigenvalue weighted by Gasteiger charge is -2.10. The number of nitrogens with one attached hydrogen (secondary N) is 1. The van der Waals surface area contributed by atoms with E-state index in [1.165, 1.54) is 0 Å². The first-order chi connectivity index (χ1) is 14.9. The molecular formula is C25H23Cl2N3O. The van der Waals surface area contributed by atoms with Crippen LogP contribution in [-0.4, -0.2) is 21.3 Å². The van der Waals surface area contributed by atoms with Crippen molar-refractivity contribution in [3.8, 4) is 22.4 Å². The number of fused-ring (bicyclic) bond motifs is 1. The first-order valence-corrected chi connectivity index (χ1v) is 11.0. The summed E-state index contributed by atoms with van der Waals surface area (Å²) in [6.07, 6.45) is 2.98. The number of carbonyl (C=O) groups is 1. The molecule has 2 aromatic heterocycles. The maximum atomic E-state index is 12.3. The van der Waals surface area contributed by atoms with E-state index in [2.05, 4.69) is 9.72 Å². The Kier molecular flexibility index (Phi) is 6.30. The average Bonchev–Trinajstić information content (AvgIpc) is 3.10. The molecule has 1 amide bonds. The van der Waals surface area contributed by atoms with E-state index in [4.69, 9.17) is 28.2 Å². The van der Waals surface area contributed by atoms with E-state index in [0.29, 0.717) is 22.9 Å². The van der Waals surface area contributed by atoms with Gasteiger partial charge < -0.3 is 9.72 Å². The summed E-state index contributed by atoms with van der Waals surface area (Å²) >= 11 is 12.5. The zero-order valence-corrected chi connectivity index (χ0v) is 18.9. The van der Waals surface area contributed by atoms with Gasteiger partial charge >= 0.3 is 0 Å². The van der Waals surface area contributed by atoms with E-state index in [-0.39, 0.29) is 11.9 Å². The maximum Gasteiger partial charge on any atom is 0.220 e. The van der Waals surface area contributed by atoms with E-state index >= 15 is 0 Å². The lowest BCUT2D eigenvalue weighted by atomic mass is 10.1. The smallest absolute Gasteiger partial charge is 0.220 e. The predicted molar refractivity (Wildman–Crippen MR) is 128 cm³/mol. The molecule has 0 saturated carbocycles. The maximum absolute atomic E-state index is 12.3. The van der Waals surface area contributed by atoms with Crippen LogP contribution in [0, 0.1) is 0 Å². The quantitative estimate of drug-likeness (QED) is 0.366. The molecule has 0 atom stereocenters. The Balaban J connectivity index is 1.81. The molecule has 158 valence electrons. The van der Waals surface area contributed by atoms with E-state index in [1.807, 2.05) is 80.7 Å². The number of hydrogen-bond donors (Lipinski definition) is 1. The molecule has 0 unspecified atom stereocenters. The standard InChI is InChI=1S/C25H23Cl2N3O/c1-16(2)28-24(31)14-12-22-25(17-7-10-19(26)11-8-17)29-23-13-9-18(15-30(22)23)20-5-3-4-6-21(20)27/h3-11,13,15-16H,12,14H2,1-2H3,(H,28,31). The van der Waals surface area contributed by atoms with Crippen LogP contribution in [0.4, 0.5) is 0 Å². The van der Waals surface area contributed by atoms with Crippen molar-refractivity contribution >= 4 is 34.8 Å². The highest BCUT2D eigenvalue weighted by molar-refractivity contribution is 6.33. The van der Waals surface area contributed by atoms with Gasteiger partial charge in [0.05, 0.1) is 11.4 Å². The van der Waals surface area contributed by atoms with Crippen LogP contribution in [0.15, 0.2) is 66.9 Å². The fourth-order valence-corrected chi connectivity index (χ4v) is 4.02. The van der Waals surface area contributed by atoms with Gasteiger partial charge in [-0.2, -0.15) is 0 Å². The number of nitrogens with zero attached hydrogens (tertiary/aromatic N) is 2. The topological polar surface area (TPSA) is 46.4 Å². The van der Waals surface area contributed by atoms with E-state index in [9.17, 15) is 4.79 Å². The molecule has 0 saturated heterocycles. The van der Waals surface area contributed by atoms with Gasteiger partial charge in [0.15, 0.2) is 0 Å². The van der Waals surface area contributed by atoms with Crippen LogP contribution >= 0.6 is 23.2 Å². The van der Waals surface area contributed by atoms with Gasteiger partial charge in [0.1, 0.15) is 5.65 Å². The fourth-order valence-electron chi connectivity index (χ4n) is 3.65. The summed E-state index contributed by atoms with van der Waals surface area (Å²) in [5.74, 6) is 0.0225. The minimum absolute atomic E-state index is 0.0225. The van der Waals surface area contributed by atoms with Crippen LogP contribution in [-0.2, 0) is 11.2 Å². The van der Waals surface area contributed by atoms with Crippen molar-refractivity contribution in [2.45, 2.75) is 32.7 Å². The van der Waals surface area contributed by atoms with Crippen LogP contribution in [0.2, 0.25) is 10.0 Å². The van der Waals surface area contributed by atoms with Crippen molar-refractivity contribution in [1.29, 1.82) is 0 Å². The third-order valence-corrected chi connectivity index (χ3v) is 5.64. The number of rotatable bonds is 6. The third-order valence-electron chi connectivity index (χ3n) is 5.06. The van der Waals surface area contributed by atoms with Crippen molar-refractivity contribution in [1.82, 2.24) is 14.7 Å². The number of halogens is 2. The molecule has 0 aliphatic carbocycles. The van der Waals surface area contributed by atoms with Crippen molar-refractivity contribution in [3.05, 3.63) is 82.6 Å². The molecule has 0 bridgehead atoms. The number of benzene rings is 2. The third kappa shape index (κ3) is 4.76. The molecule has 2 heterocycles. The van der Waals surface area contributed by atoms with Crippen LogP contribution in [0.25, 0.3) is 28.0 Å². The van der Waals surface area contributed by atoms with Crippen LogP contribution in [0.1, 0.15) is 26.0 Å². The molecule has 0 spiro atoms. The Bertz CT molecular complexity index is 1230. The Morgan fingerprint density at radius 1 is 1.00 bits per heavy atom. The van der Waals surface area contributed by atoms with Gasteiger partial charge in [0.25, 0.3) is 0 Å². The molecule has 0 aliphatic rings. The first-order valence-electron chi connectivity index (χ1n) is 10.2. The van der Waals surface area contributed by atoms with Crippen molar-refractivity contribution in [3.63, 3.8) is 0 Å². The van der Waals surface area contributed by atoms with Gasteiger partial charge in [0.2, 0.25) is 5.91 Å². The molecule has 31 heavy (non-hydrogen) atoms. The molecule has 0 fully saturated rings. The van der Waals surface area contributed by atoms with Crippen molar-refractivity contribution < 1.29 is 4.79 Å². The molecule has 0 radical (unpaired) electrons. The van der Waals surface area contributed by atoms with E-state index in [0.717, 1.165) is 33.7 Å². The Hall–Kier alpha value is -2.82. The second-order valence-electron chi connectivity index (χ2n) is 7.76. The molecule has 4 aromatic rings. The average molecular weight is 452 g/mol. The van der Waals surface area contributed by atoms with Gasteiger partial charge in [-0.05, 0) is 56.2 Å². The predicted octanol–water partition coefficient (Wildman–Crippen LogP) is 6.43. The highest BCUT2D eigenvalue weighted by Crippen LogP contribution is 2.31. The molecule has 4 nitrogen and oxygen atoms in total. The molecule has 6 heteroatoms. The molecule has 4 rings (SSSR count). The van der Waals surface area contributed by atoms with Gasteiger partial charge in [-0.3, -0.25) is 4.79 Å². The summed E-state index contributed by atoms with van der Waals surface area (Å²) in [6, 6.07) is 19.5. The summed E-state index contributed by atoms with van der Waals surface area (Å²) in [6.45, 7) is 3.92. The van der Waals surface area contributed by atoms with Crippen LogP contribution in [0.3, 0.4) is 0 Å². The summed E-state index contributed by atoms with van der Waals surface area (Å²) in [5.41, 5.74) is 5.56. The Morgan fingerprint density at radius 2 is 1.71 bits per heavy atom. The summed E-state index contributed by atoms with van der Waals surface area (Å²) < 4.78 is 2.06. The zero-order valence-electron chi connectivity index (χ0n) is 17.4. The zero-order chi connectivity index (χ0) is 22.0. The Morgan fingerprint density at radius 3 is 2.42 bits per heavy atom. The summed E-state index contributed by atoms with van der Waals surface area (Å²) in [4.78, 5) is 17.2. The van der Waals surface area contributed by atoms with Gasteiger partial charge in [-0.15, -0.1) is 0 Å².